The van der Waals surface area contributed by atoms with Crippen molar-refractivity contribution in [3.63, 3.8) is 0 Å². The van der Waals surface area contributed by atoms with E-state index in [9.17, 15) is 14.7 Å². The Morgan fingerprint density at radius 1 is 0.914 bits per heavy atom. The molecular formula is C27H24N4O4. The zero-order valence-corrected chi connectivity index (χ0v) is 19.1. The van der Waals surface area contributed by atoms with Gasteiger partial charge < -0.3 is 9.84 Å². The van der Waals surface area contributed by atoms with Gasteiger partial charge in [0.15, 0.2) is 5.82 Å². The second-order valence-corrected chi connectivity index (χ2v) is 8.65. The molecule has 3 aromatic carbocycles. The van der Waals surface area contributed by atoms with Crippen LogP contribution in [-0.4, -0.2) is 32.6 Å². The van der Waals surface area contributed by atoms with Crippen molar-refractivity contribution in [1.29, 1.82) is 0 Å². The summed E-state index contributed by atoms with van der Waals surface area (Å²) in [6.07, 6.45) is 0.331. The van der Waals surface area contributed by atoms with Gasteiger partial charge in [-0.05, 0) is 42.0 Å². The molecule has 0 unspecified atom stereocenters. The maximum Gasteiger partial charge on any atom is 0.413 e. The van der Waals surface area contributed by atoms with Gasteiger partial charge in [-0.3, -0.25) is 10.1 Å². The lowest BCUT2D eigenvalue weighted by molar-refractivity contribution is -0.140. The zero-order chi connectivity index (χ0) is 24.4. The Morgan fingerprint density at radius 3 is 2.11 bits per heavy atom. The number of anilines is 1. The molecule has 1 aliphatic carbocycles. The van der Waals surface area contributed by atoms with E-state index >= 15 is 0 Å². The van der Waals surface area contributed by atoms with Crippen LogP contribution in [0.3, 0.4) is 0 Å². The number of H-pyrrole nitrogens is 1. The highest BCUT2D eigenvalue weighted by atomic mass is 16.6. The summed E-state index contributed by atoms with van der Waals surface area (Å²) in [4.78, 5) is 24.0. The molecule has 176 valence electrons. The summed E-state index contributed by atoms with van der Waals surface area (Å²) < 4.78 is 5.46. The van der Waals surface area contributed by atoms with Crippen molar-refractivity contribution in [3.8, 4) is 22.4 Å². The summed E-state index contributed by atoms with van der Waals surface area (Å²) in [6, 6.07) is 24.8. The van der Waals surface area contributed by atoms with Gasteiger partial charge in [0.2, 0.25) is 0 Å². The normalized spacial score (nSPS) is 14.7. The van der Waals surface area contributed by atoms with Crippen LogP contribution in [0, 0.1) is 0 Å². The molecule has 35 heavy (non-hydrogen) atoms. The Kier molecular flexibility index (Phi) is 5.78. The number of hydrogen-bond acceptors (Lipinski definition) is 5. The molecule has 0 saturated heterocycles. The highest BCUT2D eigenvalue weighted by Crippen LogP contribution is 2.48. The Labute approximate surface area is 202 Å². The third kappa shape index (κ3) is 4.50. The van der Waals surface area contributed by atoms with Gasteiger partial charge >= 0.3 is 12.1 Å². The van der Waals surface area contributed by atoms with Gasteiger partial charge in [-0.1, -0.05) is 78.9 Å². The molecule has 1 amide bonds. The van der Waals surface area contributed by atoms with Crippen LogP contribution in [0.4, 0.5) is 10.6 Å². The van der Waals surface area contributed by atoms with E-state index in [1.54, 1.807) is 6.92 Å². The molecule has 1 heterocycles. The molecular weight excluding hydrogens is 444 g/mol. The number of nitrogens with one attached hydrogen (secondary N) is 2. The van der Waals surface area contributed by atoms with Crippen molar-refractivity contribution >= 4 is 17.9 Å². The predicted octanol–water partition coefficient (Wildman–Crippen LogP) is 5.56. The first-order chi connectivity index (χ1) is 17.0. The molecule has 8 nitrogen and oxygen atoms in total. The van der Waals surface area contributed by atoms with Gasteiger partial charge in [0, 0.05) is 5.56 Å². The minimum Gasteiger partial charge on any atom is -0.481 e. The molecule has 1 atom stereocenters. The Bertz CT molecular complexity index is 1340. The first-order valence-corrected chi connectivity index (χ1v) is 11.3. The number of aromatic nitrogens is 3. The Balaban J connectivity index is 1.27. The smallest absolute Gasteiger partial charge is 0.413 e. The van der Waals surface area contributed by atoms with Gasteiger partial charge in [0.1, 0.15) is 11.8 Å². The average molecular weight is 469 g/mol. The number of rotatable bonds is 7. The fourth-order valence-electron chi connectivity index (χ4n) is 4.15. The number of ether oxygens (including phenoxy) is 1. The molecule has 0 radical (unpaired) electrons. The van der Waals surface area contributed by atoms with E-state index in [4.69, 9.17) is 4.74 Å². The van der Waals surface area contributed by atoms with E-state index in [0.29, 0.717) is 18.5 Å². The van der Waals surface area contributed by atoms with Crippen molar-refractivity contribution < 1.29 is 19.4 Å². The number of amides is 1. The van der Waals surface area contributed by atoms with Crippen LogP contribution in [0.15, 0.2) is 78.9 Å². The number of benzene rings is 3. The van der Waals surface area contributed by atoms with Crippen molar-refractivity contribution in [2.24, 2.45) is 0 Å². The largest absolute Gasteiger partial charge is 0.481 e. The number of aromatic amines is 1. The third-order valence-corrected chi connectivity index (χ3v) is 6.41. The van der Waals surface area contributed by atoms with Crippen molar-refractivity contribution in [2.45, 2.75) is 31.3 Å². The molecule has 1 aromatic heterocycles. The summed E-state index contributed by atoms with van der Waals surface area (Å²) in [5.41, 5.74) is 4.26. The van der Waals surface area contributed by atoms with Gasteiger partial charge in [-0.25, -0.2) is 4.79 Å². The summed E-state index contributed by atoms with van der Waals surface area (Å²) in [7, 11) is 0. The standard InChI is InChI=1S/C27H24N4O4/c1-17(18-5-3-2-4-6-18)35-26(34)28-24-23(29-31-30-24)21-9-7-19(8-10-21)20-11-13-22(14-12-20)27(15-16-27)25(32)33/h2-14,17H,15-16H2,1H3,(H,32,33)(H2,28,29,30,31,34)/t17-/m1/s1. The fourth-order valence-corrected chi connectivity index (χ4v) is 4.15. The summed E-state index contributed by atoms with van der Waals surface area (Å²) >= 11 is 0. The molecule has 1 saturated carbocycles. The lowest BCUT2D eigenvalue weighted by Gasteiger charge is -2.13. The highest BCUT2D eigenvalue weighted by molar-refractivity contribution is 5.89. The minimum absolute atomic E-state index is 0.274. The van der Waals surface area contributed by atoms with Crippen LogP contribution in [0.1, 0.15) is 37.0 Å². The van der Waals surface area contributed by atoms with Crippen LogP contribution in [0.25, 0.3) is 22.4 Å². The number of carboxylic acids is 1. The van der Waals surface area contributed by atoms with Crippen LogP contribution in [-0.2, 0) is 14.9 Å². The topological polar surface area (TPSA) is 117 Å². The fraction of sp³-hybridized carbons (Fsp3) is 0.185. The number of hydrogen-bond donors (Lipinski definition) is 3. The number of carbonyl (C=O) groups excluding carboxylic acids is 1. The van der Waals surface area contributed by atoms with Gasteiger partial charge in [-0.15, -0.1) is 5.10 Å². The lowest BCUT2D eigenvalue weighted by atomic mass is 9.93. The second kappa shape index (κ2) is 9.06. The number of carboxylic acid groups (broad SMARTS) is 1. The lowest BCUT2D eigenvalue weighted by Crippen LogP contribution is -2.19. The third-order valence-electron chi connectivity index (χ3n) is 6.41. The molecule has 5 rings (SSSR count). The van der Waals surface area contributed by atoms with E-state index in [-0.39, 0.29) is 5.82 Å². The quantitative estimate of drug-likeness (QED) is 0.327. The van der Waals surface area contributed by atoms with Gasteiger partial charge in [0.05, 0.1) is 5.41 Å². The molecule has 0 spiro atoms. The van der Waals surface area contributed by atoms with Gasteiger partial charge in [-0.2, -0.15) is 10.3 Å². The van der Waals surface area contributed by atoms with Gasteiger partial charge in [0.25, 0.3) is 0 Å². The summed E-state index contributed by atoms with van der Waals surface area (Å²) in [5, 5.41) is 22.9. The maximum atomic E-state index is 12.4. The second-order valence-electron chi connectivity index (χ2n) is 8.65. The zero-order valence-electron chi connectivity index (χ0n) is 19.1. The summed E-state index contributed by atoms with van der Waals surface area (Å²) in [5.74, 6) is -0.485. The van der Waals surface area contributed by atoms with E-state index in [1.807, 2.05) is 78.9 Å². The molecule has 0 aliphatic heterocycles. The molecule has 4 aromatic rings. The first kappa shape index (κ1) is 22.3. The van der Waals surface area contributed by atoms with Crippen molar-refractivity contribution in [1.82, 2.24) is 15.4 Å². The predicted molar refractivity (Wildman–Crippen MR) is 131 cm³/mol. The van der Waals surface area contributed by atoms with Crippen LogP contribution >= 0.6 is 0 Å². The number of nitrogens with zero attached hydrogens (tertiary/aromatic N) is 2. The van der Waals surface area contributed by atoms with E-state index in [0.717, 1.165) is 27.8 Å². The molecule has 1 fully saturated rings. The number of carbonyl (C=O) groups is 2. The number of aliphatic carboxylic acids is 1. The minimum atomic E-state index is -0.759. The van der Waals surface area contributed by atoms with Crippen LogP contribution in [0.2, 0.25) is 0 Å². The average Bonchev–Trinajstić information content (AvgIpc) is 3.58. The first-order valence-electron chi connectivity index (χ1n) is 11.3. The molecule has 3 N–H and O–H groups in total. The Morgan fingerprint density at radius 2 is 1.51 bits per heavy atom. The van der Waals surface area contributed by atoms with Crippen molar-refractivity contribution in [2.75, 3.05) is 5.32 Å². The molecule has 8 heteroatoms. The summed E-state index contributed by atoms with van der Waals surface area (Å²) in [6.45, 7) is 1.80. The van der Waals surface area contributed by atoms with Crippen molar-refractivity contribution in [3.05, 3.63) is 90.0 Å². The highest BCUT2D eigenvalue weighted by Gasteiger charge is 2.51. The maximum absolute atomic E-state index is 12.4. The SMILES string of the molecule is C[C@@H](OC(=O)Nc1n[nH]nc1-c1ccc(-c2ccc(C3(C(=O)O)CC3)cc2)cc1)c1ccccc1. The van der Waals surface area contributed by atoms with E-state index < -0.39 is 23.6 Å². The van der Waals surface area contributed by atoms with E-state index in [2.05, 4.69) is 20.7 Å². The van der Waals surface area contributed by atoms with Crippen LogP contribution in [0.5, 0.6) is 0 Å². The molecule has 0 bridgehead atoms. The van der Waals surface area contributed by atoms with E-state index in [1.165, 1.54) is 0 Å². The Hall–Kier alpha value is -4.46. The molecule has 1 aliphatic rings. The monoisotopic (exact) mass is 468 g/mol. The van der Waals surface area contributed by atoms with Crippen LogP contribution < -0.4 is 5.32 Å².